The van der Waals surface area contributed by atoms with Crippen LogP contribution in [0.4, 0.5) is 0 Å². The zero-order valence-electron chi connectivity index (χ0n) is 9.20. The minimum atomic E-state index is -0.126. The molecule has 0 aliphatic heterocycles. The van der Waals surface area contributed by atoms with Crippen LogP contribution < -0.4 is 10.5 Å². The van der Waals surface area contributed by atoms with Crippen molar-refractivity contribution < 1.29 is 4.74 Å². The van der Waals surface area contributed by atoms with Crippen molar-refractivity contribution in [2.75, 3.05) is 6.54 Å². The van der Waals surface area contributed by atoms with Crippen LogP contribution in [0.2, 0.25) is 0 Å². The molecule has 0 aliphatic rings. The summed E-state index contributed by atoms with van der Waals surface area (Å²) >= 11 is 12.0. The van der Waals surface area contributed by atoms with E-state index in [1.807, 2.05) is 29.6 Å². The number of thiophene rings is 1. The Bertz CT molecular complexity index is 544. The van der Waals surface area contributed by atoms with Gasteiger partial charge in [-0.3, -0.25) is 0 Å². The van der Waals surface area contributed by atoms with Gasteiger partial charge in [0.25, 0.3) is 0 Å². The lowest BCUT2D eigenvalue weighted by Crippen LogP contribution is -2.17. The van der Waals surface area contributed by atoms with Gasteiger partial charge in [-0.1, -0.05) is 15.9 Å². The van der Waals surface area contributed by atoms with E-state index in [2.05, 4.69) is 47.8 Å². The highest BCUT2D eigenvalue weighted by atomic mass is 79.9. The lowest BCUT2D eigenvalue weighted by atomic mass is 10.3. The molecule has 2 rings (SSSR count). The average molecular weight is 456 g/mol. The summed E-state index contributed by atoms with van der Waals surface area (Å²) < 4.78 is 8.91. The van der Waals surface area contributed by atoms with Crippen molar-refractivity contribution in [3.63, 3.8) is 0 Å². The molecule has 0 bridgehead atoms. The Labute approximate surface area is 135 Å². The zero-order valence-corrected chi connectivity index (χ0v) is 14.8. The Hall–Kier alpha value is 0.120. The Morgan fingerprint density at radius 3 is 2.50 bits per heavy atom. The first kappa shape index (κ1) is 14.5. The number of rotatable bonds is 4. The molecule has 0 radical (unpaired) electrons. The standard InChI is InChI=1S/C12H10Br3NOS/c13-7-1-2-10(9(15)3-7)17-11(5-16)12-4-8(14)6-18-12/h1-4,6,11H,5,16H2. The van der Waals surface area contributed by atoms with Gasteiger partial charge in [0.15, 0.2) is 0 Å². The highest BCUT2D eigenvalue weighted by Gasteiger charge is 2.15. The van der Waals surface area contributed by atoms with Crippen LogP contribution in [0.5, 0.6) is 5.75 Å². The van der Waals surface area contributed by atoms with E-state index in [1.54, 1.807) is 11.3 Å². The van der Waals surface area contributed by atoms with Gasteiger partial charge in [0.1, 0.15) is 11.9 Å². The van der Waals surface area contributed by atoms with Gasteiger partial charge in [-0.05, 0) is 56.1 Å². The fourth-order valence-corrected chi connectivity index (χ4v) is 4.07. The van der Waals surface area contributed by atoms with Crippen LogP contribution in [0.1, 0.15) is 11.0 Å². The van der Waals surface area contributed by atoms with Crippen molar-refractivity contribution in [3.05, 3.63) is 47.9 Å². The predicted octanol–water partition coefficient (Wildman–Crippen LogP) is 5.11. The molecular formula is C12H10Br3NOS. The molecule has 1 aromatic heterocycles. The highest BCUT2D eigenvalue weighted by Crippen LogP contribution is 2.33. The molecule has 96 valence electrons. The molecule has 1 atom stereocenters. The molecule has 18 heavy (non-hydrogen) atoms. The van der Waals surface area contributed by atoms with Gasteiger partial charge in [0, 0.05) is 25.7 Å². The van der Waals surface area contributed by atoms with Crippen LogP contribution in [0.25, 0.3) is 0 Å². The summed E-state index contributed by atoms with van der Waals surface area (Å²) in [5.41, 5.74) is 5.78. The summed E-state index contributed by atoms with van der Waals surface area (Å²) in [4.78, 5) is 1.11. The number of hydrogen-bond donors (Lipinski definition) is 1. The quantitative estimate of drug-likeness (QED) is 0.694. The van der Waals surface area contributed by atoms with Crippen molar-refractivity contribution >= 4 is 59.1 Å². The van der Waals surface area contributed by atoms with Gasteiger partial charge in [-0.15, -0.1) is 11.3 Å². The maximum atomic E-state index is 5.95. The summed E-state index contributed by atoms with van der Waals surface area (Å²) in [6, 6.07) is 7.85. The van der Waals surface area contributed by atoms with Gasteiger partial charge in [0.05, 0.1) is 4.47 Å². The average Bonchev–Trinajstić information content (AvgIpc) is 2.75. The molecule has 0 amide bonds. The Kier molecular flexibility index (Phi) is 5.26. The SMILES string of the molecule is NCC(Oc1ccc(Br)cc1Br)c1cc(Br)cs1. The van der Waals surface area contributed by atoms with E-state index in [4.69, 9.17) is 10.5 Å². The lowest BCUT2D eigenvalue weighted by Gasteiger charge is -2.17. The van der Waals surface area contributed by atoms with E-state index in [0.717, 1.165) is 24.0 Å². The number of ether oxygens (including phenoxy) is 1. The maximum Gasteiger partial charge on any atom is 0.145 e. The van der Waals surface area contributed by atoms with E-state index in [0.29, 0.717) is 6.54 Å². The fourth-order valence-electron chi connectivity index (χ4n) is 1.44. The third kappa shape index (κ3) is 3.57. The summed E-state index contributed by atoms with van der Waals surface area (Å²) in [6.07, 6.45) is -0.126. The van der Waals surface area contributed by atoms with Crippen LogP contribution in [0, 0.1) is 0 Å². The van der Waals surface area contributed by atoms with Crippen molar-refractivity contribution in [3.8, 4) is 5.75 Å². The number of halogens is 3. The van der Waals surface area contributed by atoms with Crippen LogP contribution in [-0.2, 0) is 0 Å². The Morgan fingerprint density at radius 2 is 1.94 bits per heavy atom. The van der Waals surface area contributed by atoms with Gasteiger partial charge in [0.2, 0.25) is 0 Å². The minimum Gasteiger partial charge on any atom is -0.482 e. The van der Waals surface area contributed by atoms with Crippen LogP contribution in [0.3, 0.4) is 0 Å². The highest BCUT2D eigenvalue weighted by molar-refractivity contribution is 9.11. The first-order valence-corrected chi connectivity index (χ1v) is 8.41. The second-order valence-corrected chi connectivity index (χ2v) is 7.21. The van der Waals surface area contributed by atoms with Crippen molar-refractivity contribution in [2.24, 2.45) is 5.73 Å². The van der Waals surface area contributed by atoms with Gasteiger partial charge >= 0.3 is 0 Å². The van der Waals surface area contributed by atoms with Crippen LogP contribution in [0.15, 0.2) is 43.1 Å². The summed E-state index contributed by atoms with van der Waals surface area (Å²) in [5, 5.41) is 2.03. The molecule has 1 aromatic carbocycles. The van der Waals surface area contributed by atoms with Crippen LogP contribution >= 0.6 is 59.1 Å². The van der Waals surface area contributed by atoms with E-state index in [-0.39, 0.29) is 6.10 Å². The van der Waals surface area contributed by atoms with Crippen molar-refractivity contribution in [1.82, 2.24) is 0 Å². The third-order valence-corrected chi connectivity index (χ3v) is 5.18. The number of benzene rings is 1. The normalized spacial score (nSPS) is 12.4. The summed E-state index contributed by atoms with van der Waals surface area (Å²) in [7, 11) is 0. The molecule has 2 aromatic rings. The molecule has 2 N–H and O–H groups in total. The maximum absolute atomic E-state index is 5.95. The number of nitrogens with two attached hydrogens (primary N) is 1. The Balaban J connectivity index is 2.20. The largest absolute Gasteiger partial charge is 0.482 e. The minimum absolute atomic E-state index is 0.126. The molecular weight excluding hydrogens is 446 g/mol. The van der Waals surface area contributed by atoms with Crippen molar-refractivity contribution in [2.45, 2.75) is 6.10 Å². The van der Waals surface area contributed by atoms with E-state index < -0.39 is 0 Å². The molecule has 2 nitrogen and oxygen atoms in total. The van der Waals surface area contributed by atoms with E-state index >= 15 is 0 Å². The summed E-state index contributed by atoms with van der Waals surface area (Å²) in [5.74, 6) is 0.790. The molecule has 0 saturated heterocycles. The fraction of sp³-hybridized carbons (Fsp3) is 0.167. The van der Waals surface area contributed by atoms with Crippen molar-refractivity contribution in [1.29, 1.82) is 0 Å². The Morgan fingerprint density at radius 1 is 1.17 bits per heavy atom. The zero-order chi connectivity index (χ0) is 13.1. The smallest absolute Gasteiger partial charge is 0.145 e. The monoisotopic (exact) mass is 453 g/mol. The third-order valence-electron chi connectivity index (χ3n) is 2.28. The molecule has 0 saturated carbocycles. The first-order chi connectivity index (χ1) is 8.60. The molecule has 0 fully saturated rings. The number of hydrogen-bond acceptors (Lipinski definition) is 3. The lowest BCUT2D eigenvalue weighted by molar-refractivity contribution is 0.216. The molecule has 0 spiro atoms. The molecule has 0 aliphatic carbocycles. The second-order valence-electron chi connectivity index (χ2n) is 3.58. The van der Waals surface area contributed by atoms with E-state index in [1.165, 1.54) is 0 Å². The molecule has 6 heteroatoms. The molecule has 1 heterocycles. The first-order valence-electron chi connectivity index (χ1n) is 5.16. The predicted molar refractivity (Wildman–Crippen MR) is 86.3 cm³/mol. The second kappa shape index (κ2) is 6.52. The van der Waals surface area contributed by atoms with Gasteiger partial charge < -0.3 is 10.5 Å². The van der Waals surface area contributed by atoms with Gasteiger partial charge in [-0.25, -0.2) is 0 Å². The van der Waals surface area contributed by atoms with Gasteiger partial charge in [-0.2, -0.15) is 0 Å². The topological polar surface area (TPSA) is 35.2 Å². The molecule has 1 unspecified atom stereocenters. The van der Waals surface area contributed by atoms with E-state index in [9.17, 15) is 0 Å². The van der Waals surface area contributed by atoms with Crippen LogP contribution in [-0.4, -0.2) is 6.54 Å². The summed E-state index contributed by atoms with van der Waals surface area (Å²) in [6.45, 7) is 0.440.